The van der Waals surface area contributed by atoms with E-state index in [9.17, 15) is 22.8 Å². The quantitative estimate of drug-likeness (QED) is 0.679. The summed E-state index contributed by atoms with van der Waals surface area (Å²) in [6.07, 6.45) is -5.00. The van der Waals surface area contributed by atoms with Crippen molar-refractivity contribution < 1.29 is 22.8 Å². The first kappa shape index (κ1) is 19.6. The van der Waals surface area contributed by atoms with Gasteiger partial charge in [-0.3, -0.25) is 14.9 Å². The number of halogens is 3. The molecule has 10 heteroatoms. The van der Waals surface area contributed by atoms with Crippen molar-refractivity contribution in [3.63, 3.8) is 0 Å². The minimum atomic E-state index is -4.61. The Kier molecular flexibility index (Phi) is 4.76. The van der Waals surface area contributed by atoms with Crippen LogP contribution in [0, 0.1) is 6.92 Å². The number of hydrogen-bond acceptors (Lipinski definition) is 4. The first-order valence-electron chi connectivity index (χ1n) is 9.03. The second kappa shape index (κ2) is 7.29. The van der Waals surface area contributed by atoms with Gasteiger partial charge in [0.05, 0.1) is 17.7 Å². The molecule has 1 aromatic heterocycles. The van der Waals surface area contributed by atoms with E-state index < -0.39 is 29.6 Å². The molecule has 2 amide bonds. The number of nitrogens with zero attached hydrogens (tertiary/aromatic N) is 3. The zero-order valence-corrected chi connectivity index (χ0v) is 15.7. The summed E-state index contributed by atoms with van der Waals surface area (Å²) in [5, 5.41) is 9.09. The fraction of sp³-hybridized carbons (Fsp3) is 0.200. The minimum absolute atomic E-state index is 0.184. The van der Waals surface area contributed by atoms with Crippen LogP contribution in [0.4, 0.5) is 24.8 Å². The van der Waals surface area contributed by atoms with Crippen molar-refractivity contribution in [1.82, 2.24) is 14.8 Å². The van der Waals surface area contributed by atoms with Crippen molar-refractivity contribution in [2.45, 2.75) is 25.6 Å². The SMILES string of the molecule is Cc1ccc(-c2nc3n(n2)[C@@H](CC(=O)Nc2ccccc2C(F)(F)F)C(=O)N3)cc1. The number of carbonyl (C=O) groups is 2. The molecule has 0 unspecified atom stereocenters. The second-order valence-corrected chi connectivity index (χ2v) is 6.87. The Morgan fingerprint density at radius 1 is 1.17 bits per heavy atom. The Bertz CT molecular complexity index is 1120. The Morgan fingerprint density at radius 2 is 1.87 bits per heavy atom. The van der Waals surface area contributed by atoms with E-state index in [0.717, 1.165) is 23.3 Å². The van der Waals surface area contributed by atoms with Gasteiger partial charge in [-0.1, -0.05) is 42.0 Å². The molecule has 1 atom stereocenters. The third kappa shape index (κ3) is 3.76. The summed E-state index contributed by atoms with van der Waals surface area (Å²) < 4.78 is 40.6. The highest BCUT2D eigenvalue weighted by atomic mass is 19.4. The summed E-state index contributed by atoms with van der Waals surface area (Å²) in [5.74, 6) is -0.686. The molecular formula is C20H16F3N5O2. The lowest BCUT2D eigenvalue weighted by molar-refractivity contribution is -0.137. The molecule has 2 heterocycles. The molecule has 7 nitrogen and oxygen atoms in total. The summed E-state index contributed by atoms with van der Waals surface area (Å²) in [5.41, 5.74) is 0.469. The monoisotopic (exact) mass is 415 g/mol. The molecule has 0 saturated carbocycles. The lowest BCUT2D eigenvalue weighted by Crippen LogP contribution is -2.24. The van der Waals surface area contributed by atoms with E-state index in [1.807, 2.05) is 31.2 Å². The van der Waals surface area contributed by atoms with Crippen LogP contribution in [-0.4, -0.2) is 26.6 Å². The third-order valence-electron chi connectivity index (χ3n) is 4.66. The number of benzene rings is 2. The maximum Gasteiger partial charge on any atom is 0.418 e. The average Bonchev–Trinajstić information content (AvgIpc) is 3.21. The Labute approximate surface area is 168 Å². The number of anilines is 2. The number of amides is 2. The van der Waals surface area contributed by atoms with Gasteiger partial charge in [-0.05, 0) is 19.1 Å². The number of aryl methyl sites for hydroxylation is 1. The molecule has 0 bridgehead atoms. The van der Waals surface area contributed by atoms with E-state index in [2.05, 4.69) is 20.7 Å². The summed E-state index contributed by atoms with van der Waals surface area (Å²) in [4.78, 5) is 28.9. The predicted octanol–water partition coefficient (Wildman–Crippen LogP) is 3.79. The highest BCUT2D eigenvalue weighted by Crippen LogP contribution is 2.35. The van der Waals surface area contributed by atoms with E-state index >= 15 is 0 Å². The molecular weight excluding hydrogens is 399 g/mol. The lowest BCUT2D eigenvalue weighted by atomic mass is 10.1. The molecule has 0 spiro atoms. The normalized spacial score (nSPS) is 15.6. The molecule has 0 aliphatic carbocycles. The van der Waals surface area contributed by atoms with Crippen LogP contribution in [0.15, 0.2) is 48.5 Å². The molecule has 30 heavy (non-hydrogen) atoms. The van der Waals surface area contributed by atoms with Crippen LogP contribution >= 0.6 is 0 Å². The molecule has 1 aliphatic rings. The van der Waals surface area contributed by atoms with Gasteiger partial charge in [0.1, 0.15) is 6.04 Å². The lowest BCUT2D eigenvalue weighted by Gasteiger charge is -2.14. The van der Waals surface area contributed by atoms with E-state index in [4.69, 9.17) is 0 Å². The molecule has 1 aliphatic heterocycles. The van der Waals surface area contributed by atoms with Crippen LogP contribution in [0.2, 0.25) is 0 Å². The van der Waals surface area contributed by atoms with E-state index in [1.54, 1.807) is 0 Å². The van der Waals surface area contributed by atoms with Crippen molar-refractivity contribution in [3.05, 3.63) is 59.7 Å². The van der Waals surface area contributed by atoms with Gasteiger partial charge in [0.15, 0.2) is 5.82 Å². The van der Waals surface area contributed by atoms with E-state index in [-0.39, 0.29) is 18.1 Å². The highest BCUT2D eigenvalue weighted by Gasteiger charge is 2.37. The molecule has 2 N–H and O–H groups in total. The summed E-state index contributed by atoms with van der Waals surface area (Å²) in [6, 6.07) is 11.1. The predicted molar refractivity (Wildman–Crippen MR) is 103 cm³/mol. The average molecular weight is 415 g/mol. The van der Waals surface area contributed by atoms with Crippen LogP contribution in [-0.2, 0) is 15.8 Å². The van der Waals surface area contributed by atoms with Crippen LogP contribution < -0.4 is 10.6 Å². The van der Waals surface area contributed by atoms with Crippen molar-refractivity contribution in [2.24, 2.45) is 0 Å². The summed E-state index contributed by atoms with van der Waals surface area (Å²) in [6.45, 7) is 1.94. The van der Waals surface area contributed by atoms with Crippen LogP contribution in [0.5, 0.6) is 0 Å². The zero-order valence-electron chi connectivity index (χ0n) is 15.7. The highest BCUT2D eigenvalue weighted by molar-refractivity contribution is 6.01. The van der Waals surface area contributed by atoms with E-state index in [0.29, 0.717) is 5.82 Å². The fourth-order valence-corrected chi connectivity index (χ4v) is 3.15. The molecule has 154 valence electrons. The molecule has 2 aromatic carbocycles. The third-order valence-corrected chi connectivity index (χ3v) is 4.66. The van der Waals surface area contributed by atoms with Gasteiger partial charge in [0.2, 0.25) is 11.9 Å². The van der Waals surface area contributed by atoms with Gasteiger partial charge in [0, 0.05) is 5.56 Å². The first-order valence-corrected chi connectivity index (χ1v) is 9.03. The van der Waals surface area contributed by atoms with Crippen LogP contribution in [0.1, 0.15) is 23.6 Å². The Hall–Kier alpha value is -3.69. The number of aromatic nitrogens is 3. The van der Waals surface area contributed by atoms with Crippen molar-refractivity contribution in [1.29, 1.82) is 0 Å². The standard InChI is InChI=1S/C20H16F3N5O2/c1-11-6-8-12(9-7-11)17-25-19-26-18(30)15(28(19)27-17)10-16(29)24-14-5-3-2-4-13(14)20(21,22)23/h2-9,15H,10H2,1H3,(H,24,29)(H,25,26,27,30)/t15-/m0/s1. The maximum atomic E-state index is 13.1. The van der Waals surface area contributed by atoms with Crippen molar-refractivity contribution >= 4 is 23.5 Å². The number of alkyl halides is 3. The Balaban J connectivity index is 1.53. The van der Waals surface area contributed by atoms with Gasteiger partial charge in [0.25, 0.3) is 5.91 Å². The number of rotatable bonds is 4. The van der Waals surface area contributed by atoms with Crippen LogP contribution in [0.3, 0.4) is 0 Å². The number of carbonyl (C=O) groups excluding carboxylic acids is 2. The van der Waals surface area contributed by atoms with Crippen LogP contribution in [0.25, 0.3) is 11.4 Å². The summed E-state index contributed by atoms with van der Waals surface area (Å²) >= 11 is 0. The molecule has 0 saturated heterocycles. The molecule has 3 aromatic rings. The van der Waals surface area contributed by atoms with Gasteiger partial charge < -0.3 is 5.32 Å². The van der Waals surface area contributed by atoms with Gasteiger partial charge >= 0.3 is 6.18 Å². The van der Waals surface area contributed by atoms with Gasteiger partial charge in [-0.15, -0.1) is 5.10 Å². The fourth-order valence-electron chi connectivity index (χ4n) is 3.15. The topological polar surface area (TPSA) is 88.9 Å². The van der Waals surface area contributed by atoms with Gasteiger partial charge in [-0.2, -0.15) is 18.2 Å². The largest absolute Gasteiger partial charge is 0.418 e. The molecule has 0 fully saturated rings. The van der Waals surface area contributed by atoms with E-state index in [1.165, 1.54) is 16.8 Å². The minimum Gasteiger partial charge on any atom is -0.325 e. The Morgan fingerprint density at radius 3 is 2.57 bits per heavy atom. The first-order chi connectivity index (χ1) is 14.2. The van der Waals surface area contributed by atoms with Gasteiger partial charge in [-0.25, -0.2) is 4.68 Å². The number of fused-ring (bicyclic) bond motifs is 1. The molecule has 0 radical (unpaired) electrons. The number of nitrogens with one attached hydrogen (secondary N) is 2. The summed E-state index contributed by atoms with van der Waals surface area (Å²) in [7, 11) is 0. The maximum absolute atomic E-state index is 13.1. The van der Waals surface area contributed by atoms with Crippen molar-refractivity contribution in [3.8, 4) is 11.4 Å². The van der Waals surface area contributed by atoms with Crippen molar-refractivity contribution in [2.75, 3.05) is 10.6 Å². The zero-order chi connectivity index (χ0) is 21.5. The number of para-hydroxylation sites is 1. The number of hydrogen-bond donors (Lipinski definition) is 2. The molecule has 4 rings (SSSR count). The smallest absolute Gasteiger partial charge is 0.325 e. The second-order valence-electron chi connectivity index (χ2n) is 6.87.